The van der Waals surface area contributed by atoms with Crippen molar-refractivity contribution in [1.82, 2.24) is 9.80 Å². The van der Waals surface area contributed by atoms with E-state index < -0.39 is 0 Å². The normalized spacial score (nSPS) is 31.0. The fraction of sp³-hybridized carbons (Fsp3) is 0.875. The highest BCUT2D eigenvalue weighted by Crippen LogP contribution is 2.20. The first-order valence-corrected chi connectivity index (χ1v) is 7.42. The molecule has 0 spiro atoms. The molecule has 0 bridgehead atoms. The van der Waals surface area contributed by atoms with Gasteiger partial charge in [-0.05, 0) is 59.2 Å². The van der Waals surface area contributed by atoms with Crippen LogP contribution in [0, 0.1) is 11.8 Å². The van der Waals surface area contributed by atoms with Crippen molar-refractivity contribution in [3.63, 3.8) is 0 Å². The van der Waals surface area contributed by atoms with Crippen molar-refractivity contribution >= 4 is 0 Å². The summed E-state index contributed by atoms with van der Waals surface area (Å²) in [4.78, 5) is 4.78. The molecule has 0 N–H and O–H groups in total. The van der Waals surface area contributed by atoms with Crippen LogP contribution in [-0.4, -0.2) is 50.1 Å². The number of piperidine rings is 1. The number of nitrogens with zero attached hydrogens (tertiary/aromatic N) is 2. The Morgan fingerprint density at radius 3 is 2.00 bits per heavy atom. The molecule has 0 amide bonds. The average Bonchev–Trinajstić information content (AvgIpc) is 2.30. The van der Waals surface area contributed by atoms with Crippen LogP contribution < -0.4 is 0 Å². The zero-order chi connectivity index (χ0) is 13.7. The van der Waals surface area contributed by atoms with E-state index in [0.717, 1.165) is 11.8 Å². The van der Waals surface area contributed by atoms with E-state index >= 15 is 0 Å². The first-order chi connectivity index (χ1) is 8.40. The predicted octanol–water partition coefficient (Wildman–Crippen LogP) is 3.25. The second-order valence-electron chi connectivity index (χ2n) is 6.55. The maximum atomic E-state index is 2.42. The monoisotopic (exact) mass is 252 g/mol. The Hall–Kier alpha value is -0.340. The Balaban J connectivity index is 0.000000180. The summed E-state index contributed by atoms with van der Waals surface area (Å²) >= 11 is 0. The molecule has 2 atom stereocenters. The van der Waals surface area contributed by atoms with Gasteiger partial charge in [-0.2, -0.15) is 0 Å². The summed E-state index contributed by atoms with van der Waals surface area (Å²) in [6.45, 7) is 14.2. The minimum atomic E-state index is 0.906. The third kappa shape index (κ3) is 5.11. The highest BCUT2D eigenvalue weighted by atomic mass is 15.1. The third-order valence-electron chi connectivity index (χ3n) is 4.64. The second-order valence-corrected chi connectivity index (χ2v) is 6.55. The average molecular weight is 252 g/mol. The molecule has 0 aliphatic carbocycles. The lowest BCUT2D eigenvalue weighted by Gasteiger charge is -2.32. The summed E-state index contributed by atoms with van der Waals surface area (Å²) in [5.74, 6) is 1.85. The minimum Gasteiger partial charge on any atom is -0.306 e. The molecule has 106 valence electrons. The van der Waals surface area contributed by atoms with Gasteiger partial charge in [-0.1, -0.05) is 25.0 Å². The van der Waals surface area contributed by atoms with Crippen molar-refractivity contribution in [1.29, 1.82) is 0 Å². The van der Waals surface area contributed by atoms with Gasteiger partial charge in [0.2, 0.25) is 0 Å². The quantitative estimate of drug-likeness (QED) is 0.611. The largest absolute Gasteiger partial charge is 0.306 e. The van der Waals surface area contributed by atoms with E-state index in [1.165, 1.54) is 39.0 Å². The first kappa shape index (κ1) is 15.7. The SMILES string of the molecule is CC1=C(C)CN(C)CC1.CC1CCN(C)CC1C. The number of rotatable bonds is 0. The maximum absolute atomic E-state index is 2.42. The van der Waals surface area contributed by atoms with Gasteiger partial charge in [-0.25, -0.2) is 0 Å². The molecule has 0 radical (unpaired) electrons. The summed E-state index contributed by atoms with van der Waals surface area (Å²) in [6.07, 6.45) is 2.65. The fourth-order valence-electron chi connectivity index (χ4n) is 2.66. The van der Waals surface area contributed by atoms with Crippen molar-refractivity contribution in [2.75, 3.05) is 40.3 Å². The van der Waals surface area contributed by atoms with Gasteiger partial charge < -0.3 is 9.80 Å². The van der Waals surface area contributed by atoms with Crippen LogP contribution in [0.4, 0.5) is 0 Å². The molecular formula is C16H32N2. The van der Waals surface area contributed by atoms with E-state index in [1.54, 1.807) is 11.1 Å². The molecule has 2 heteroatoms. The lowest BCUT2D eigenvalue weighted by Crippen LogP contribution is -2.35. The molecule has 2 rings (SSSR count). The third-order valence-corrected chi connectivity index (χ3v) is 4.64. The van der Waals surface area contributed by atoms with Crippen molar-refractivity contribution in [3.8, 4) is 0 Å². The molecule has 0 aromatic carbocycles. The van der Waals surface area contributed by atoms with Crippen LogP contribution in [-0.2, 0) is 0 Å². The molecule has 2 nitrogen and oxygen atoms in total. The first-order valence-electron chi connectivity index (χ1n) is 7.42. The van der Waals surface area contributed by atoms with E-state index in [1.807, 2.05) is 0 Å². The van der Waals surface area contributed by atoms with Crippen LogP contribution in [0.3, 0.4) is 0 Å². The zero-order valence-electron chi connectivity index (χ0n) is 13.3. The van der Waals surface area contributed by atoms with Gasteiger partial charge in [0.05, 0.1) is 0 Å². The molecule has 2 unspecified atom stereocenters. The van der Waals surface area contributed by atoms with Gasteiger partial charge in [0, 0.05) is 19.6 Å². The molecule has 18 heavy (non-hydrogen) atoms. The van der Waals surface area contributed by atoms with E-state index in [4.69, 9.17) is 0 Å². The Kier molecular flexibility index (Phi) is 6.37. The molecule has 0 aromatic heterocycles. The molecule has 0 aromatic rings. The number of hydrogen-bond donors (Lipinski definition) is 0. The van der Waals surface area contributed by atoms with Crippen molar-refractivity contribution in [3.05, 3.63) is 11.1 Å². The van der Waals surface area contributed by atoms with Crippen molar-refractivity contribution in [2.45, 2.75) is 40.5 Å². The Labute approximate surface area is 114 Å². The highest BCUT2D eigenvalue weighted by molar-refractivity contribution is 5.14. The smallest absolute Gasteiger partial charge is 0.0189 e. The van der Waals surface area contributed by atoms with Crippen LogP contribution in [0.15, 0.2) is 11.1 Å². The molecule has 1 fully saturated rings. The lowest BCUT2D eigenvalue weighted by atomic mass is 9.89. The number of hydrogen-bond acceptors (Lipinski definition) is 2. The van der Waals surface area contributed by atoms with Gasteiger partial charge in [0.25, 0.3) is 0 Å². The maximum Gasteiger partial charge on any atom is 0.0189 e. The van der Waals surface area contributed by atoms with Crippen LogP contribution in [0.2, 0.25) is 0 Å². The summed E-state index contributed by atoms with van der Waals surface area (Å²) in [7, 11) is 4.39. The second kappa shape index (κ2) is 7.30. The van der Waals surface area contributed by atoms with Crippen LogP contribution in [0.1, 0.15) is 40.5 Å². The number of likely N-dealkylation sites (tertiary alicyclic amines) is 1. The number of likely N-dealkylation sites (N-methyl/N-ethyl adjacent to an activating group) is 1. The van der Waals surface area contributed by atoms with E-state index in [-0.39, 0.29) is 0 Å². The highest BCUT2D eigenvalue weighted by Gasteiger charge is 2.19. The van der Waals surface area contributed by atoms with Gasteiger partial charge in [-0.3, -0.25) is 0 Å². The molecule has 2 aliphatic heterocycles. The molecule has 1 saturated heterocycles. The molecular weight excluding hydrogens is 220 g/mol. The lowest BCUT2D eigenvalue weighted by molar-refractivity contribution is 0.166. The Morgan fingerprint density at radius 1 is 0.889 bits per heavy atom. The van der Waals surface area contributed by atoms with Crippen molar-refractivity contribution < 1.29 is 0 Å². The zero-order valence-corrected chi connectivity index (χ0v) is 13.3. The molecule has 0 saturated carbocycles. The van der Waals surface area contributed by atoms with Crippen molar-refractivity contribution in [2.24, 2.45) is 11.8 Å². The molecule has 2 heterocycles. The van der Waals surface area contributed by atoms with Crippen LogP contribution >= 0.6 is 0 Å². The van der Waals surface area contributed by atoms with Crippen LogP contribution in [0.25, 0.3) is 0 Å². The van der Waals surface area contributed by atoms with Gasteiger partial charge in [0.1, 0.15) is 0 Å². The summed E-state index contributed by atoms with van der Waals surface area (Å²) in [5, 5.41) is 0. The van der Waals surface area contributed by atoms with Crippen LogP contribution in [0.5, 0.6) is 0 Å². The standard InChI is InChI=1S/C8H17N.C8H15N/c2*1-7-4-5-9(3)6-8(7)2/h7-8H,4-6H2,1-3H3;4-6H2,1-3H3. The van der Waals surface area contributed by atoms with E-state index in [0.29, 0.717) is 0 Å². The Morgan fingerprint density at radius 2 is 1.56 bits per heavy atom. The minimum absolute atomic E-state index is 0.906. The fourth-order valence-corrected chi connectivity index (χ4v) is 2.66. The summed E-state index contributed by atoms with van der Waals surface area (Å²) < 4.78 is 0. The molecule has 2 aliphatic rings. The van der Waals surface area contributed by atoms with Gasteiger partial charge in [0.15, 0.2) is 0 Å². The summed E-state index contributed by atoms with van der Waals surface area (Å²) in [6, 6.07) is 0. The van der Waals surface area contributed by atoms with E-state index in [2.05, 4.69) is 51.6 Å². The topological polar surface area (TPSA) is 6.48 Å². The Bertz CT molecular complexity index is 283. The van der Waals surface area contributed by atoms with E-state index in [9.17, 15) is 0 Å². The van der Waals surface area contributed by atoms with Gasteiger partial charge >= 0.3 is 0 Å². The predicted molar refractivity (Wildman–Crippen MR) is 80.9 cm³/mol. The summed E-state index contributed by atoms with van der Waals surface area (Å²) in [5.41, 5.74) is 3.15. The van der Waals surface area contributed by atoms with Gasteiger partial charge in [-0.15, -0.1) is 0 Å².